The lowest BCUT2D eigenvalue weighted by Gasteiger charge is -2.11. The summed E-state index contributed by atoms with van der Waals surface area (Å²) < 4.78 is 6.72. The van der Waals surface area contributed by atoms with Gasteiger partial charge in [0.15, 0.2) is 5.65 Å². The van der Waals surface area contributed by atoms with Crippen molar-refractivity contribution in [2.75, 3.05) is 12.4 Å². The van der Waals surface area contributed by atoms with Crippen LogP contribution < -0.4 is 10.1 Å². The highest BCUT2D eigenvalue weighted by Crippen LogP contribution is 2.28. The van der Waals surface area contributed by atoms with Crippen molar-refractivity contribution < 1.29 is 9.53 Å². The average Bonchev–Trinajstić information content (AvgIpc) is 2.87. The number of nitrogens with zero attached hydrogens (tertiary/aromatic N) is 3. The van der Waals surface area contributed by atoms with Crippen molar-refractivity contribution in [3.05, 3.63) is 52.9 Å². The molecule has 112 valence electrons. The summed E-state index contributed by atoms with van der Waals surface area (Å²) in [5, 5.41) is 7.56. The lowest BCUT2D eigenvalue weighted by molar-refractivity contribution is 0.101. The Hall–Kier alpha value is -2.60. The minimum absolute atomic E-state index is 0.323. The number of anilines is 1. The number of carbonyl (C=O) groups excluding carboxylic acids is 1. The summed E-state index contributed by atoms with van der Waals surface area (Å²) in [5.41, 5.74) is 2.27. The van der Waals surface area contributed by atoms with Crippen molar-refractivity contribution in [1.82, 2.24) is 14.6 Å². The van der Waals surface area contributed by atoms with Gasteiger partial charge >= 0.3 is 0 Å². The molecule has 0 saturated carbocycles. The van der Waals surface area contributed by atoms with E-state index in [1.165, 1.54) is 11.6 Å². The zero-order valence-corrected chi connectivity index (χ0v) is 12.8. The maximum atomic E-state index is 12.5. The summed E-state index contributed by atoms with van der Waals surface area (Å²) in [4.78, 5) is 16.7. The van der Waals surface area contributed by atoms with Crippen LogP contribution in [0.25, 0.3) is 5.65 Å². The molecule has 1 N–H and O–H groups in total. The van der Waals surface area contributed by atoms with Gasteiger partial charge in [-0.05, 0) is 31.2 Å². The number of methoxy groups -OCH3 is 1. The predicted molar refractivity (Wildman–Crippen MR) is 83.7 cm³/mol. The van der Waals surface area contributed by atoms with Crippen molar-refractivity contribution in [2.45, 2.75) is 6.92 Å². The fraction of sp³-hybridized carbons (Fsp3) is 0.133. The van der Waals surface area contributed by atoms with Crippen LogP contribution >= 0.6 is 11.6 Å². The van der Waals surface area contributed by atoms with Crippen LogP contribution in [0, 0.1) is 6.92 Å². The van der Waals surface area contributed by atoms with Gasteiger partial charge < -0.3 is 10.1 Å². The molecular weight excluding hydrogens is 304 g/mol. The van der Waals surface area contributed by atoms with Crippen LogP contribution in [-0.4, -0.2) is 27.6 Å². The first-order valence-electron chi connectivity index (χ1n) is 6.55. The molecule has 7 heteroatoms. The van der Waals surface area contributed by atoms with Crippen LogP contribution in [0.15, 0.2) is 36.5 Å². The van der Waals surface area contributed by atoms with E-state index >= 15 is 0 Å². The van der Waals surface area contributed by atoms with Crippen molar-refractivity contribution in [2.24, 2.45) is 0 Å². The van der Waals surface area contributed by atoms with E-state index in [4.69, 9.17) is 16.3 Å². The number of fused-ring (bicyclic) bond motifs is 1. The highest BCUT2D eigenvalue weighted by Gasteiger charge is 2.14. The van der Waals surface area contributed by atoms with Crippen molar-refractivity contribution >= 4 is 28.8 Å². The lowest BCUT2D eigenvalue weighted by Crippen LogP contribution is -2.17. The maximum absolute atomic E-state index is 12.5. The largest absolute Gasteiger partial charge is 0.495 e. The number of ether oxygens (including phenoxy) is 1. The Bertz CT molecular complexity index is 860. The molecular formula is C15H13ClN4O2. The molecule has 0 spiro atoms. The summed E-state index contributed by atoms with van der Waals surface area (Å²) in [6.07, 6.45) is 1.57. The molecule has 22 heavy (non-hydrogen) atoms. The first-order valence-corrected chi connectivity index (χ1v) is 6.92. The quantitative estimate of drug-likeness (QED) is 0.806. The fourth-order valence-corrected chi connectivity index (χ4v) is 2.32. The average molecular weight is 317 g/mol. The zero-order chi connectivity index (χ0) is 15.7. The van der Waals surface area contributed by atoms with Gasteiger partial charge in [0.05, 0.1) is 18.5 Å². The summed E-state index contributed by atoms with van der Waals surface area (Å²) >= 11 is 5.97. The Kier molecular flexibility index (Phi) is 3.68. The van der Waals surface area contributed by atoms with E-state index < -0.39 is 0 Å². The van der Waals surface area contributed by atoms with E-state index in [2.05, 4.69) is 15.4 Å². The van der Waals surface area contributed by atoms with Crippen LogP contribution in [0.4, 0.5) is 5.69 Å². The molecule has 0 saturated heterocycles. The van der Waals surface area contributed by atoms with Gasteiger partial charge in [-0.15, -0.1) is 0 Å². The number of rotatable bonds is 3. The fourth-order valence-electron chi connectivity index (χ4n) is 2.15. The highest BCUT2D eigenvalue weighted by atomic mass is 35.5. The Morgan fingerprint density at radius 1 is 1.32 bits per heavy atom. The van der Waals surface area contributed by atoms with Crippen LogP contribution in [-0.2, 0) is 0 Å². The van der Waals surface area contributed by atoms with Crippen LogP contribution in [0.1, 0.15) is 16.2 Å². The molecule has 3 aromatic rings. The maximum Gasteiger partial charge on any atom is 0.274 e. The van der Waals surface area contributed by atoms with Crippen LogP contribution in [0.2, 0.25) is 5.02 Å². The third-order valence-electron chi connectivity index (χ3n) is 3.12. The number of amides is 1. The predicted octanol–water partition coefficient (Wildman–Crippen LogP) is 2.95. The van der Waals surface area contributed by atoms with Gasteiger partial charge in [-0.2, -0.15) is 5.10 Å². The molecule has 0 aliphatic heterocycles. The van der Waals surface area contributed by atoms with Gasteiger partial charge in [-0.3, -0.25) is 4.79 Å². The Labute approximate surface area is 131 Å². The van der Waals surface area contributed by atoms with Crippen LogP contribution in [0.3, 0.4) is 0 Å². The van der Waals surface area contributed by atoms with Crippen molar-refractivity contribution in [3.63, 3.8) is 0 Å². The standard InChI is InChI=1S/C15H13ClN4O2/c1-9-7-14-17-6-5-12(20(14)19-9)15(21)18-11-8-10(16)3-4-13(11)22-2/h3-8H,1-2H3,(H,18,21). The monoisotopic (exact) mass is 316 g/mol. The van der Waals surface area contributed by atoms with E-state index in [1.807, 2.05) is 6.92 Å². The summed E-state index contributed by atoms with van der Waals surface area (Å²) in [5.74, 6) is 0.204. The second kappa shape index (κ2) is 5.65. The zero-order valence-electron chi connectivity index (χ0n) is 12.0. The third kappa shape index (κ3) is 2.60. The lowest BCUT2D eigenvalue weighted by atomic mass is 10.2. The number of hydrogen-bond donors (Lipinski definition) is 1. The number of hydrogen-bond acceptors (Lipinski definition) is 4. The molecule has 2 aromatic heterocycles. The number of aromatic nitrogens is 3. The Morgan fingerprint density at radius 2 is 2.14 bits per heavy atom. The molecule has 0 unspecified atom stereocenters. The Balaban J connectivity index is 1.99. The number of halogens is 1. The van der Waals surface area contributed by atoms with Gasteiger partial charge in [-0.1, -0.05) is 11.6 Å². The Morgan fingerprint density at radius 3 is 2.91 bits per heavy atom. The second-order valence-corrected chi connectivity index (χ2v) is 5.12. The smallest absolute Gasteiger partial charge is 0.274 e. The van der Waals surface area contributed by atoms with E-state index in [1.54, 1.807) is 36.5 Å². The molecule has 6 nitrogen and oxygen atoms in total. The van der Waals surface area contributed by atoms with Gasteiger partial charge in [0.1, 0.15) is 11.4 Å². The normalized spacial score (nSPS) is 10.7. The number of aryl methyl sites for hydroxylation is 1. The van der Waals surface area contributed by atoms with Crippen molar-refractivity contribution in [3.8, 4) is 5.75 Å². The number of carbonyl (C=O) groups is 1. The summed E-state index contributed by atoms with van der Waals surface area (Å²) in [6, 6.07) is 8.42. The van der Waals surface area contributed by atoms with E-state index in [9.17, 15) is 4.79 Å². The van der Waals surface area contributed by atoms with Crippen LogP contribution in [0.5, 0.6) is 5.75 Å². The van der Waals surface area contributed by atoms with Gasteiger partial charge in [0, 0.05) is 17.3 Å². The van der Waals surface area contributed by atoms with Crippen molar-refractivity contribution in [1.29, 1.82) is 0 Å². The molecule has 0 aliphatic rings. The summed E-state index contributed by atoms with van der Waals surface area (Å²) in [7, 11) is 1.53. The molecule has 0 atom stereocenters. The SMILES string of the molecule is COc1ccc(Cl)cc1NC(=O)c1ccnc2cc(C)nn12. The van der Waals surface area contributed by atoms with Gasteiger partial charge in [-0.25, -0.2) is 9.50 Å². The number of benzene rings is 1. The molecule has 0 bridgehead atoms. The molecule has 0 aliphatic carbocycles. The molecule has 0 radical (unpaired) electrons. The number of nitrogens with one attached hydrogen (secondary N) is 1. The topological polar surface area (TPSA) is 68.5 Å². The minimum Gasteiger partial charge on any atom is -0.495 e. The second-order valence-electron chi connectivity index (χ2n) is 4.68. The first-order chi connectivity index (χ1) is 10.6. The third-order valence-corrected chi connectivity index (χ3v) is 3.36. The molecule has 2 heterocycles. The molecule has 3 rings (SSSR count). The van der Waals surface area contributed by atoms with Gasteiger partial charge in [0.2, 0.25) is 0 Å². The van der Waals surface area contributed by atoms with E-state index in [0.717, 1.165) is 5.69 Å². The first kappa shape index (κ1) is 14.3. The molecule has 1 amide bonds. The van der Waals surface area contributed by atoms with E-state index in [-0.39, 0.29) is 5.91 Å². The highest BCUT2D eigenvalue weighted by molar-refractivity contribution is 6.31. The molecule has 0 fully saturated rings. The summed E-state index contributed by atoms with van der Waals surface area (Å²) in [6.45, 7) is 1.84. The molecule has 1 aromatic carbocycles. The van der Waals surface area contributed by atoms with Gasteiger partial charge in [0.25, 0.3) is 5.91 Å². The minimum atomic E-state index is -0.323. The van der Waals surface area contributed by atoms with E-state index in [0.29, 0.717) is 27.8 Å².